The van der Waals surface area contributed by atoms with E-state index in [9.17, 15) is 13.2 Å². The molecule has 0 fully saturated rings. The topological polar surface area (TPSA) is 103 Å². The Morgan fingerprint density at radius 2 is 1.79 bits per heavy atom. The predicted octanol–water partition coefficient (Wildman–Crippen LogP) is 2.97. The molecule has 0 saturated carbocycles. The van der Waals surface area contributed by atoms with E-state index in [4.69, 9.17) is 14.7 Å². The summed E-state index contributed by atoms with van der Waals surface area (Å²) in [5.41, 5.74) is 1.77. The molecule has 0 saturated heterocycles. The molecule has 28 heavy (non-hydrogen) atoms. The van der Waals surface area contributed by atoms with E-state index in [1.807, 2.05) is 0 Å². The maximum absolute atomic E-state index is 11.6. The van der Waals surface area contributed by atoms with Gasteiger partial charge in [0, 0.05) is 6.26 Å². The molecule has 0 spiro atoms. The molecule has 0 aromatic heterocycles. The van der Waals surface area contributed by atoms with Gasteiger partial charge < -0.3 is 14.2 Å². The molecule has 0 N–H and O–H groups in total. The van der Waals surface area contributed by atoms with Crippen molar-refractivity contribution in [3.05, 3.63) is 64.1 Å². The Kier molecular flexibility index (Phi) is 6.79. The second-order valence-electron chi connectivity index (χ2n) is 5.78. The fourth-order valence-electron chi connectivity index (χ4n) is 2.28. The number of esters is 1. The van der Waals surface area contributed by atoms with Gasteiger partial charge in [0.05, 0.1) is 19.8 Å². The molecular formula is C20H19NO6S. The Bertz CT molecular complexity index is 1030. The molecule has 2 aromatic rings. The molecule has 0 atom stereocenters. The molecule has 0 aliphatic carbocycles. The number of benzene rings is 2. The number of methoxy groups -OCH3 is 2. The van der Waals surface area contributed by atoms with Gasteiger partial charge in [0.25, 0.3) is 0 Å². The van der Waals surface area contributed by atoms with E-state index in [2.05, 4.69) is 4.74 Å². The molecule has 2 rings (SSSR count). The van der Waals surface area contributed by atoms with Crippen LogP contribution in [0.2, 0.25) is 0 Å². The van der Waals surface area contributed by atoms with Gasteiger partial charge in [-0.05, 0) is 41.5 Å². The second kappa shape index (κ2) is 9.06. The molecular weight excluding hydrogens is 382 g/mol. The zero-order valence-corrected chi connectivity index (χ0v) is 16.4. The lowest BCUT2D eigenvalue weighted by Crippen LogP contribution is -2.02. The van der Waals surface area contributed by atoms with Gasteiger partial charge in [0.1, 0.15) is 17.6 Å². The van der Waals surface area contributed by atoms with Crippen molar-refractivity contribution in [2.45, 2.75) is 6.61 Å². The number of nitriles is 1. The van der Waals surface area contributed by atoms with Gasteiger partial charge in [0.2, 0.25) is 0 Å². The van der Waals surface area contributed by atoms with Crippen LogP contribution in [0.15, 0.2) is 47.4 Å². The maximum Gasteiger partial charge on any atom is 0.337 e. The fourth-order valence-corrected chi connectivity index (χ4v) is 2.80. The van der Waals surface area contributed by atoms with Crippen LogP contribution in [0.25, 0.3) is 6.08 Å². The Hall–Kier alpha value is -3.31. The fraction of sp³-hybridized carbons (Fsp3) is 0.200. The van der Waals surface area contributed by atoms with Crippen molar-refractivity contribution in [2.75, 3.05) is 20.5 Å². The highest BCUT2D eigenvalue weighted by molar-refractivity contribution is 7.95. The molecule has 0 amide bonds. The summed E-state index contributed by atoms with van der Waals surface area (Å²) in [4.78, 5) is 11.1. The molecule has 0 heterocycles. The number of carbonyl (C=O) groups is 1. The molecule has 0 aliphatic rings. The van der Waals surface area contributed by atoms with E-state index < -0.39 is 15.8 Å². The summed E-state index contributed by atoms with van der Waals surface area (Å²) in [5.74, 6) is 0.434. The van der Waals surface area contributed by atoms with E-state index in [0.717, 1.165) is 11.8 Å². The lowest BCUT2D eigenvalue weighted by molar-refractivity contribution is 0.0600. The summed E-state index contributed by atoms with van der Waals surface area (Å²) in [6, 6.07) is 13.3. The number of allylic oxidation sites excluding steroid dienone is 1. The van der Waals surface area contributed by atoms with Crippen LogP contribution in [0.3, 0.4) is 0 Å². The predicted molar refractivity (Wildman–Crippen MR) is 104 cm³/mol. The Morgan fingerprint density at radius 3 is 2.32 bits per heavy atom. The first kappa shape index (κ1) is 21.0. The van der Waals surface area contributed by atoms with Crippen molar-refractivity contribution < 1.29 is 27.4 Å². The van der Waals surface area contributed by atoms with Crippen molar-refractivity contribution in [1.82, 2.24) is 0 Å². The van der Waals surface area contributed by atoms with Gasteiger partial charge in [-0.25, -0.2) is 13.2 Å². The first-order chi connectivity index (χ1) is 13.3. The van der Waals surface area contributed by atoms with E-state index in [-0.39, 0.29) is 11.5 Å². The van der Waals surface area contributed by atoms with E-state index in [1.165, 1.54) is 20.3 Å². The van der Waals surface area contributed by atoms with Crippen LogP contribution in [-0.2, 0) is 21.2 Å². The first-order valence-corrected chi connectivity index (χ1v) is 9.97. The first-order valence-electron chi connectivity index (χ1n) is 8.08. The molecule has 0 unspecified atom stereocenters. The third kappa shape index (κ3) is 5.34. The van der Waals surface area contributed by atoms with Gasteiger partial charge in [-0.2, -0.15) is 5.26 Å². The van der Waals surface area contributed by atoms with Crippen molar-refractivity contribution >= 4 is 21.9 Å². The molecule has 2 aromatic carbocycles. The summed E-state index contributed by atoms with van der Waals surface area (Å²) in [5, 5.41) is 9.00. The van der Waals surface area contributed by atoms with Crippen molar-refractivity contribution in [3.63, 3.8) is 0 Å². The van der Waals surface area contributed by atoms with Crippen LogP contribution >= 0.6 is 0 Å². The third-order valence-corrected chi connectivity index (χ3v) is 4.77. The lowest BCUT2D eigenvalue weighted by Gasteiger charge is -2.12. The molecule has 8 heteroatoms. The number of hydrogen-bond donors (Lipinski definition) is 0. The van der Waals surface area contributed by atoms with E-state index in [1.54, 1.807) is 48.5 Å². The van der Waals surface area contributed by atoms with Gasteiger partial charge in [0.15, 0.2) is 21.3 Å². The van der Waals surface area contributed by atoms with Gasteiger partial charge in [-0.3, -0.25) is 0 Å². The number of ether oxygens (including phenoxy) is 3. The smallest absolute Gasteiger partial charge is 0.337 e. The zero-order valence-electron chi connectivity index (χ0n) is 15.6. The standard InChI is InChI=1S/C20H19NO6S/c1-25-19-11-15(10-17(12-21)28(3,23)24)6-9-18(19)27-13-14-4-7-16(8-5-14)20(22)26-2/h4-11H,13H2,1-3H3/b17-10+. The average molecular weight is 401 g/mol. The highest BCUT2D eigenvalue weighted by atomic mass is 32.2. The molecule has 0 aliphatic heterocycles. The number of carbonyl (C=O) groups excluding carboxylic acids is 1. The zero-order chi connectivity index (χ0) is 20.7. The highest BCUT2D eigenvalue weighted by Gasteiger charge is 2.12. The summed E-state index contributed by atoms with van der Waals surface area (Å²) < 4.78 is 38.8. The molecule has 0 bridgehead atoms. The number of sulfone groups is 1. The maximum atomic E-state index is 11.6. The van der Waals surface area contributed by atoms with Gasteiger partial charge >= 0.3 is 5.97 Å². The van der Waals surface area contributed by atoms with Gasteiger partial charge in [-0.15, -0.1) is 0 Å². The van der Waals surface area contributed by atoms with Crippen LogP contribution in [0.5, 0.6) is 11.5 Å². The largest absolute Gasteiger partial charge is 0.493 e. The van der Waals surface area contributed by atoms with E-state index in [0.29, 0.717) is 22.6 Å². The van der Waals surface area contributed by atoms with Crippen LogP contribution in [0.1, 0.15) is 21.5 Å². The monoisotopic (exact) mass is 401 g/mol. The summed E-state index contributed by atoms with van der Waals surface area (Å²) in [6.07, 6.45) is 2.25. The second-order valence-corrected chi connectivity index (χ2v) is 7.76. The number of nitrogens with zero attached hydrogens (tertiary/aromatic N) is 1. The van der Waals surface area contributed by atoms with Gasteiger partial charge in [-0.1, -0.05) is 18.2 Å². The van der Waals surface area contributed by atoms with Crippen LogP contribution in [0, 0.1) is 11.3 Å². The lowest BCUT2D eigenvalue weighted by atomic mass is 10.1. The third-order valence-electron chi connectivity index (χ3n) is 3.76. The number of rotatable bonds is 7. The molecule has 146 valence electrons. The average Bonchev–Trinajstić information content (AvgIpc) is 2.69. The summed E-state index contributed by atoms with van der Waals surface area (Å²) in [7, 11) is -0.825. The SMILES string of the molecule is COC(=O)c1ccc(COc2ccc(/C=C(\C#N)S(C)(=O)=O)cc2OC)cc1. The minimum absolute atomic E-state index is 0.236. The minimum atomic E-state index is -3.61. The Balaban J connectivity index is 2.18. The van der Waals surface area contributed by atoms with Crippen molar-refractivity contribution in [2.24, 2.45) is 0 Å². The Labute approximate surface area is 163 Å². The van der Waals surface area contributed by atoms with Crippen LogP contribution in [-0.4, -0.2) is 34.9 Å². The minimum Gasteiger partial charge on any atom is -0.493 e. The summed E-state index contributed by atoms with van der Waals surface area (Å²) >= 11 is 0. The van der Waals surface area contributed by atoms with E-state index >= 15 is 0 Å². The quantitative estimate of drug-likeness (QED) is 0.519. The van der Waals surface area contributed by atoms with Crippen LogP contribution in [0.4, 0.5) is 0 Å². The highest BCUT2D eigenvalue weighted by Crippen LogP contribution is 2.30. The van der Waals surface area contributed by atoms with Crippen molar-refractivity contribution in [3.8, 4) is 17.6 Å². The van der Waals surface area contributed by atoms with Crippen molar-refractivity contribution in [1.29, 1.82) is 5.26 Å². The molecule has 7 nitrogen and oxygen atoms in total. The Morgan fingerprint density at radius 1 is 1.11 bits per heavy atom. The number of hydrogen-bond acceptors (Lipinski definition) is 7. The van der Waals surface area contributed by atoms with Crippen LogP contribution < -0.4 is 9.47 Å². The normalized spacial score (nSPS) is 11.4. The molecule has 0 radical (unpaired) electrons. The summed E-state index contributed by atoms with van der Waals surface area (Å²) in [6.45, 7) is 0.236.